The minimum absolute atomic E-state index is 0.210. The van der Waals surface area contributed by atoms with E-state index in [-0.39, 0.29) is 10.8 Å². The van der Waals surface area contributed by atoms with Gasteiger partial charge in [0.15, 0.2) is 0 Å². The summed E-state index contributed by atoms with van der Waals surface area (Å²) in [7, 11) is -2.18. The van der Waals surface area contributed by atoms with E-state index in [4.69, 9.17) is 0 Å². The van der Waals surface area contributed by atoms with Gasteiger partial charge in [0.1, 0.15) is 0 Å². The van der Waals surface area contributed by atoms with Gasteiger partial charge in [-0.2, -0.15) is 0 Å². The summed E-state index contributed by atoms with van der Waals surface area (Å²) in [5, 5.41) is 2.96. The summed E-state index contributed by atoms with van der Waals surface area (Å²) in [6.07, 6.45) is 0. The molecule has 6 heteroatoms. The van der Waals surface area contributed by atoms with E-state index in [1.807, 2.05) is 54.6 Å². The molecule has 0 aliphatic rings. The number of hydrogen-bond donors (Lipinski definition) is 1. The SMILES string of the molecule is CN(c1ccc(C(=O)Nc2ccccc2-c2ccccc2)cc1)S(=O)(=O)c1ccccc1. The van der Waals surface area contributed by atoms with Crippen LogP contribution in [0.3, 0.4) is 0 Å². The number of hydrogen-bond acceptors (Lipinski definition) is 3. The predicted molar refractivity (Wildman–Crippen MR) is 128 cm³/mol. The highest BCUT2D eigenvalue weighted by Crippen LogP contribution is 2.28. The zero-order valence-corrected chi connectivity index (χ0v) is 18.3. The Hall–Kier alpha value is -3.90. The zero-order valence-electron chi connectivity index (χ0n) is 17.5. The van der Waals surface area contributed by atoms with Crippen LogP contribution in [0.15, 0.2) is 114 Å². The Bertz CT molecular complexity index is 1320. The molecule has 1 N–H and O–H groups in total. The van der Waals surface area contributed by atoms with Crippen molar-refractivity contribution in [1.82, 2.24) is 0 Å². The number of amides is 1. The molecule has 0 saturated heterocycles. The number of rotatable bonds is 6. The summed E-state index contributed by atoms with van der Waals surface area (Å²) < 4.78 is 26.8. The van der Waals surface area contributed by atoms with Gasteiger partial charge in [-0.25, -0.2) is 8.42 Å². The Morgan fingerprint density at radius 3 is 1.94 bits per heavy atom. The van der Waals surface area contributed by atoms with Crippen LogP contribution >= 0.6 is 0 Å². The third-order valence-electron chi connectivity index (χ3n) is 5.15. The van der Waals surface area contributed by atoms with Gasteiger partial charge in [-0.3, -0.25) is 9.10 Å². The Balaban J connectivity index is 1.54. The van der Waals surface area contributed by atoms with E-state index in [1.54, 1.807) is 54.6 Å². The van der Waals surface area contributed by atoms with Crippen LogP contribution in [0, 0.1) is 0 Å². The molecule has 0 radical (unpaired) electrons. The average molecular weight is 443 g/mol. The summed E-state index contributed by atoms with van der Waals surface area (Å²) in [5.41, 5.74) is 3.53. The minimum atomic E-state index is -3.68. The molecule has 0 saturated carbocycles. The molecule has 0 unspecified atom stereocenters. The fourth-order valence-electron chi connectivity index (χ4n) is 3.37. The van der Waals surface area contributed by atoms with Crippen molar-refractivity contribution in [2.24, 2.45) is 0 Å². The van der Waals surface area contributed by atoms with E-state index in [0.717, 1.165) is 11.1 Å². The summed E-state index contributed by atoms with van der Waals surface area (Å²) in [6.45, 7) is 0. The first-order chi connectivity index (χ1) is 15.5. The lowest BCUT2D eigenvalue weighted by Gasteiger charge is -2.19. The average Bonchev–Trinajstić information content (AvgIpc) is 2.85. The molecule has 1 amide bonds. The lowest BCUT2D eigenvalue weighted by atomic mass is 10.0. The Morgan fingerprint density at radius 1 is 0.719 bits per heavy atom. The van der Waals surface area contributed by atoms with E-state index in [2.05, 4.69) is 5.32 Å². The third kappa shape index (κ3) is 4.40. The molecule has 0 spiro atoms. The summed E-state index contributed by atoms with van der Waals surface area (Å²) in [6, 6.07) is 32.2. The van der Waals surface area contributed by atoms with Crippen molar-refractivity contribution in [3.63, 3.8) is 0 Å². The smallest absolute Gasteiger partial charge is 0.264 e. The molecule has 4 aromatic carbocycles. The van der Waals surface area contributed by atoms with E-state index < -0.39 is 10.0 Å². The van der Waals surface area contributed by atoms with Crippen molar-refractivity contribution in [1.29, 1.82) is 0 Å². The molecule has 0 fully saturated rings. The first-order valence-corrected chi connectivity index (χ1v) is 11.5. The van der Waals surface area contributed by atoms with Crippen LogP contribution < -0.4 is 9.62 Å². The number of nitrogens with zero attached hydrogens (tertiary/aromatic N) is 1. The fraction of sp³-hybridized carbons (Fsp3) is 0.0385. The second kappa shape index (κ2) is 9.08. The maximum absolute atomic E-state index is 12.9. The quantitative estimate of drug-likeness (QED) is 0.433. The molecule has 0 aromatic heterocycles. The lowest BCUT2D eigenvalue weighted by Crippen LogP contribution is -2.26. The van der Waals surface area contributed by atoms with Crippen molar-refractivity contribution in [2.45, 2.75) is 4.90 Å². The van der Waals surface area contributed by atoms with E-state index >= 15 is 0 Å². The van der Waals surface area contributed by atoms with Gasteiger partial charge in [0.2, 0.25) is 0 Å². The topological polar surface area (TPSA) is 66.5 Å². The van der Waals surface area contributed by atoms with Crippen molar-refractivity contribution >= 4 is 27.3 Å². The van der Waals surface area contributed by atoms with Crippen LogP contribution in [0.2, 0.25) is 0 Å². The van der Waals surface area contributed by atoms with Crippen LogP contribution in [0.1, 0.15) is 10.4 Å². The van der Waals surface area contributed by atoms with Gasteiger partial charge < -0.3 is 5.32 Å². The van der Waals surface area contributed by atoms with Crippen LogP contribution in [-0.4, -0.2) is 21.4 Å². The Kier molecular flexibility index (Phi) is 6.05. The van der Waals surface area contributed by atoms with Crippen LogP contribution in [0.25, 0.3) is 11.1 Å². The zero-order chi connectivity index (χ0) is 22.6. The van der Waals surface area contributed by atoms with Gasteiger partial charge >= 0.3 is 0 Å². The molecule has 0 bridgehead atoms. The first kappa shape index (κ1) is 21.3. The van der Waals surface area contributed by atoms with Gasteiger partial charge in [-0.1, -0.05) is 66.7 Å². The number of nitrogens with one attached hydrogen (secondary N) is 1. The number of sulfonamides is 1. The van der Waals surface area contributed by atoms with Gasteiger partial charge in [-0.15, -0.1) is 0 Å². The highest BCUT2D eigenvalue weighted by Gasteiger charge is 2.21. The summed E-state index contributed by atoms with van der Waals surface area (Å²) in [4.78, 5) is 13.1. The van der Waals surface area contributed by atoms with Gasteiger partial charge in [0.05, 0.1) is 10.6 Å². The van der Waals surface area contributed by atoms with Gasteiger partial charge in [0, 0.05) is 23.9 Å². The number of carbonyl (C=O) groups excluding carboxylic acids is 1. The van der Waals surface area contributed by atoms with Crippen LogP contribution in [0.4, 0.5) is 11.4 Å². The van der Waals surface area contributed by atoms with E-state index in [1.165, 1.54) is 11.4 Å². The summed E-state index contributed by atoms with van der Waals surface area (Å²) >= 11 is 0. The second-order valence-electron chi connectivity index (χ2n) is 7.20. The van der Waals surface area contributed by atoms with Gasteiger partial charge in [-0.05, 0) is 48.0 Å². The maximum Gasteiger partial charge on any atom is 0.264 e. The fourth-order valence-corrected chi connectivity index (χ4v) is 4.58. The van der Waals surface area contributed by atoms with E-state index in [9.17, 15) is 13.2 Å². The van der Waals surface area contributed by atoms with Crippen LogP contribution in [0.5, 0.6) is 0 Å². The molecule has 5 nitrogen and oxygen atoms in total. The molecule has 0 aliphatic heterocycles. The molecule has 160 valence electrons. The molecular formula is C26H22N2O3S. The number of anilines is 2. The van der Waals surface area contributed by atoms with Gasteiger partial charge in [0.25, 0.3) is 15.9 Å². The number of benzene rings is 4. The van der Waals surface area contributed by atoms with Crippen molar-refractivity contribution < 1.29 is 13.2 Å². The molecular weight excluding hydrogens is 420 g/mol. The molecule has 4 rings (SSSR count). The molecule has 0 heterocycles. The Labute approximate surface area is 188 Å². The molecule has 0 aliphatic carbocycles. The van der Waals surface area contributed by atoms with Crippen molar-refractivity contribution in [3.8, 4) is 11.1 Å². The number of para-hydroxylation sites is 1. The molecule has 32 heavy (non-hydrogen) atoms. The standard InChI is InChI=1S/C26H22N2O3S/c1-28(32(30,31)23-12-6-3-7-13-23)22-18-16-21(17-19-22)26(29)27-25-15-9-8-14-24(25)20-10-4-2-5-11-20/h2-19H,1H3,(H,27,29). The normalized spacial score (nSPS) is 11.0. The largest absolute Gasteiger partial charge is 0.321 e. The summed E-state index contributed by atoms with van der Waals surface area (Å²) in [5.74, 6) is -0.270. The highest BCUT2D eigenvalue weighted by molar-refractivity contribution is 7.92. The second-order valence-corrected chi connectivity index (χ2v) is 9.17. The number of carbonyl (C=O) groups is 1. The first-order valence-electron chi connectivity index (χ1n) is 10.1. The molecule has 4 aromatic rings. The highest BCUT2D eigenvalue weighted by atomic mass is 32.2. The van der Waals surface area contributed by atoms with Crippen molar-refractivity contribution in [3.05, 3.63) is 115 Å². The Morgan fingerprint density at radius 2 is 1.28 bits per heavy atom. The molecule has 0 atom stereocenters. The predicted octanol–water partition coefficient (Wildman–Crippen LogP) is 5.43. The van der Waals surface area contributed by atoms with E-state index in [0.29, 0.717) is 16.9 Å². The van der Waals surface area contributed by atoms with Crippen LogP contribution in [-0.2, 0) is 10.0 Å². The third-order valence-corrected chi connectivity index (χ3v) is 6.95. The minimum Gasteiger partial charge on any atom is -0.321 e. The van der Waals surface area contributed by atoms with Crippen molar-refractivity contribution in [2.75, 3.05) is 16.7 Å². The monoisotopic (exact) mass is 442 g/mol. The lowest BCUT2D eigenvalue weighted by molar-refractivity contribution is 0.102. The maximum atomic E-state index is 12.9.